The number of benzene rings is 1. The highest BCUT2D eigenvalue weighted by atomic mass is 16.2. The SMILES string of the molecule is Cc1ccc(CC(=O)NCC(=O)NC2CC2)cc1. The fourth-order valence-corrected chi connectivity index (χ4v) is 1.64. The van der Waals surface area contributed by atoms with Crippen molar-refractivity contribution < 1.29 is 9.59 Å². The van der Waals surface area contributed by atoms with E-state index >= 15 is 0 Å². The van der Waals surface area contributed by atoms with Gasteiger partial charge in [0, 0.05) is 6.04 Å². The molecule has 0 heterocycles. The maximum absolute atomic E-state index is 11.6. The lowest BCUT2D eigenvalue weighted by molar-refractivity contribution is -0.125. The first-order valence-corrected chi connectivity index (χ1v) is 6.25. The summed E-state index contributed by atoms with van der Waals surface area (Å²) >= 11 is 0. The third-order valence-electron chi connectivity index (χ3n) is 2.87. The molecule has 1 aromatic rings. The summed E-state index contributed by atoms with van der Waals surface area (Å²) in [4.78, 5) is 23.0. The van der Waals surface area contributed by atoms with Crippen LogP contribution in [0.1, 0.15) is 24.0 Å². The van der Waals surface area contributed by atoms with Gasteiger partial charge in [0.15, 0.2) is 0 Å². The zero-order valence-electron chi connectivity index (χ0n) is 10.5. The Morgan fingerprint density at radius 1 is 1.17 bits per heavy atom. The third kappa shape index (κ3) is 4.20. The highest BCUT2D eigenvalue weighted by molar-refractivity contribution is 5.85. The van der Waals surface area contributed by atoms with E-state index in [9.17, 15) is 9.59 Å². The Bertz CT molecular complexity index is 436. The van der Waals surface area contributed by atoms with Gasteiger partial charge in [-0.1, -0.05) is 29.8 Å². The molecule has 4 nitrogen and oxygen atoms in total. The molecule has 1 saturated carbocycles. The van der Waals surface area contributed by atoms with Crippen LogP contribution in [0, 0.1) is 6.92 Å². The van der Waals surface area contributed by atoms with Crippen molar-refractivity contribution in [3.63, 3.8) is 0 Å². The Kier molecular flexibility index (Phi) is 3.97. The van der Waals surface area contributed by atoms with E-state index in [1.165, 1.54) is 5.56 Å². The van der Waals surface area contributed by atoms with Crippen molar-refractivity contribution in [2.75, 3.05) is 6.54 Å². The first kappa shape index (κ1) is 12.6. The second-order valence-corrected chi connectivity index (χ2v) is 4.78. The molecule has 2 rings (SSSR count). The molecule has 2 N–H and O–H groups in total. The molecule has 4 heteroatoms. The van der Waals surface area contributed by atoms with E-state index in [0.29, 0.717) is 12.5 Å². The average Bonchev–Trinajstić information content (AvgIpc) is 3.13. The molecule has 96 valence electrons. The van der Waals surface area contributed by atoms with Crippen LogP contribution >= 0.6 is 0 Å². The summed E-state index contributed by atoms with van der Waals surface area (Å²) in [7, 11) is 0. The molecule has 0 spiro atoms. The lowest BCUT2D eigenvalue weighted by Crippen LogP contribution is -2.38. The minimum Gasteiger partial charge on any atom is -0.352 e. The van der Waals surface area contributed by atoms with Crippen molar-refractivity contribution in [3.05, 3.63) is 35.4 Å². The second kappa shape index (κ2) is 5.67. The molecule has 0 saturated heterocycles. The van der Waals surface area contributed by atoms with Crippen LogP contribution in [0.5, 0.6) is 0 Å². The first-order valence-electron chi connectivity index (χ1n) is 6.25. The molecule has 1 aromatic carbocycles. The fraction of sp³-hybridized carbons (Fsp3) is 0.429. The molecule has 18 heavy (non-hydrogen) atoms. The van der Waals surface area contributed by atoms with Gasteiger partial charge in [0.2, 0.25) is 11.8 Å². The van der Waals surface area contributed by atoms with E-state index in [1.54, 1.807) is 0 Å². The smallest absolute Gasteiger partial charge is 0.239 e. The summed E-state index contributed by atoms with van der Waals surface area (Å²) in [5, 5.41) is 5.45. The lowest BCUT2D eigenvalue weighted by Gasteiger charge is -2.06. The molecule has 1 aliphatic rings. The number of hydrogen-bond acceptors (Lipinski definition) is 2. The number of aryl methyl sites for hydroxylation is 1. The maximum atomic E-state index is 11.6. The number of amides is 2. The van der Waals surface area contributed by atoms with Gasteiger partial charge >= 0.3 is 0 Å². The Morgan fingerprint density at radius 3 is 2.44 bits per heavy atom. The monoisotopic (exact) mass is 246 g/mol. The first-order chi connectivity index (χ1) is 8.63. The normalized spacial score (nSPS) is 14.1. The minimum atomic E-state index is -0.121. The third-order valence-corrected chi connectivity index (χ3v) is 2.87. The minimum absolute atomic E-state index is 0.0706. The van der Waals surface area contributed by atoms with Gasteiger partial charge in [-0.25, -0.2) is 0 Å². The molecule has 0 unspecified atom stereocenters. The molecule has 0 radical (unpaired) electrons. The van der Waals surface area contributed by atoms with Crippen molar-refractivity contribution in [1.82, 2.24) is 10.6 Å². The predicted molar refractivity (Wildman–Crippen MR) is 69.1 cm³/mol. The summed E-state index contributed by atoms with van der Waals surface area (Å²) in [5.74, 6) is -0.223. The molecular weight excluding hydrogens is 228 g/mol. The Hall–Kier alpha value is -1.84. The molecule has 0 aromatic heterocycles. The van der Waals surface area contributed by atoms with Crippen LogP contribution in [0.3, 0.4) is 0 Å². The van der Waals surface area contributed by atoms with E-state index < -0.39 is 0 Å². The van der Waals surface area contributed by atoms with Gasteiger partial charge in [-0.3, -0.25) is 9.59 Å². The van der Waals surface area contributed by atoms with Crippen LogP contribution in [0.2, 0.25) is 0 Å². The Balaban J connectivity index is 1.70. The van der Waals surface area contributed by atoms with Crippen molar-refractivity contribution in [2.24, 2.45) is 0 Å². The van der Waals surface area contributed by atoms with E-state index in [-0.39, 0.29) is 18.4 Å². The Morgan fingerprint density at radius 2 is 1.83 bits per heavy atom. The predicted octanol–water partition coefficient (Wildman–Crippen LogP) is 0.932. The molecule has 2 amide bonds. The Labute approximate surface area is 107 Å². The molecule has 1 aliphatic carbocycles. The zero-order chi connectivity index (χ0) is 13.0. The average molecular weight is 246 g/mol. The van der Waals surface area contributed by atoms with Crippen LogP contribution in [0.4, 0.5) is 0 Å². The van der Waals surface area contributed by atoms with Gasteiger partial charge < -0.3 is 10.6 Å². The van der Waals surface area contributed by atoms with E-state index in [2.05, 4.69) is 10.6 Å². The number of nitrogens with one attached hydrogen (secondary N) is 2. The summed E-state index contributed by atoms with van der Waals surface area (Å²) in [5.41, 5.74) is 2.13. The summed E-state index contributed by atoms with van der Waals surface area (Å²) in [6.07, 6.45) is 2.43. The number of hydrogen-bond donors (Lipinski definition) is 2. The lowest BCUT2D eigenvalue weighted by atomic mass is 10.1. The van der Waals surface area contributed by atoms with Crippen molar-refractivity contribution >= 4 is 11.8 Å². The van der Waals surface area contributed by atoms with E-state index in [4.69, 9.17) is 0 Å². The van der Waals surface area contributed by atoms with Crippen molar-refractivity contribution in [3.8, 4) is 0 Å². The molecule has 0 aliphatic heterocycles. The summed E-state index contributed by atoms with van der Waals surface area (Å²) < 4.78 is 0. The molecule has 1 fully saturated rings. The van der Waals surface area contributed by atoms with Crippen LogP contribution in [-0.4, -0.2) is 24.4 Å². The number of carbonyl (C=O) groups is 2. The van der Waals surface area contributed by atoms with Gasteiger partial charge in [-0.05, 0) is 25.3 Å². The zero-order valence-corrected chi connectivity index (χ0v) is 10.5. The highest BCUT2D eigenvalue weighted by Gasteiger charge is 2.23. The van der Waals surface area contributed by atoms with Gasteiger partial charge in [0.25, 0.3) is 0 Å². The molecule has 0 atom stereocenters. The largest absolute Gasteiger partial charge is 0.352 e. The molecular formula is C14H18N2O2. The standard InChI is InChI=1S/C14H18N2O2/c1-10-2-4-11(5-3-10)8-13(17)15-9-14(18)16-12-6-7-12/h2-5,12H,6-9H2,1H3,(H,15,17)(H,16,18). The maximum Gasteiger partial charge on any atom is 0.239 e. The second-order valence-electron chi connectivity index (χ2n) is 4.78. The van der Waals surface area contributed by atoms with Crippen molar-refractivity contribution in [1.29, 1.82) is 0 Å². The summed E-state index contributed by atoms with van der Waals surface area (Å²) in [6.45, 7) is 2.08. The van der Waals surface area contributed by atoms with Gasteiger partial charge in [0.1, 0.15) is 0 Å². The van der Waals surface area contributed by atoms with Crippen molar-refractivity contribution in [2.45, 2.75) is 32.2 Å². The van der Waals surface area contributed by atoms with Gasteiger partial charge in [-0.15, -0.1) is 0 Å². The fourth-order valence-electron chi connectivity index (χ4n) is 1.64. The molecule has 0 bridgehead atoms. The summed E-state index contributed by atoms with van der Waals surface area (Å²) in [6, 6.07) is 8.15. The van der Waals surface area contributed by atoms with Crippen LogP contribution < -0.4 is 10.6 Å². The highest BCUT2D eigenvalue weighted by Crippen LogP contribution is 2.18. The van der Waals surface area contributed by atoms with E-state index in [1.807, 2.05) is 31.2 Å². The van der Waals surface area contributed by atoms with Crippen LogP contribution in [-0.2, 0) is 16.0 Å². The van der Waals surface area contributed by atoms with Gasteiger partial charge in [0.05, 0.1) is 13.0 Å². The van der Waals surface area contributed by atoms with Crippen LogP contribution in [0.15, 0.2) is 24.3 Å². The quantitative estimate of drug-likeness (QED) is 0.812. The number of carbonyl (C=O) groups excluding carboxylic acids is 2. The van der Waals surface area contributed by atoms with E-state index in [0.717, 1.165) is 18.4 Å². The topological polar surface area (TPSA) is 58.2 Å². The number of rotatable bonds is 5. The van der Waals surface area contributed by atoms with Crippen LogP contribution in [0.25, 0.3) is 0 Å². The van der Waals surface area contributed by atoms with Gasteiger partial charge in [-0.2, -0.15) is 0 Å².